The molecule has 0 radical (unpaired) electrons. The molecular formula is C15H27NO4. The summed E-state index contributed by atoms with van der Waals surface area (Å²) < 4.78 is 0. The number of aliphatic hydroxyl groups excluding tert-OH is 1. The molecule has 0 saturated heterocycles. The summed E-state index contributed by atoms with van der Waals surface area (Å²) in [6.45, 7) is 3.15. The fourth-order valence-corrected chi connectivity index (χ4v) is 3.19. The monoisotopic (exact) mass is 285 g/mol. The fourth-order valence-electron chi connectivity index (χ4n) is 3.19. The van der Waals surface area contributed by atoms with Crippen LogP contribution in [0, 0.1) is 5.41 Å². The first-order chi connectivity index (χ1) is 9.53. The van der Waals surface area contributed by atoms with Crippen LogP contribution < -0.4 is 0 Å². The number of hydrogen-bond acceptors (Lipinski definition) is 3. The van der Waals surface area contributed by atoms with Crippen LogP contribution in [0.3, 0.4) is 0 Å². The number of amides is 1. The minimum absolute atomic E-state index is 0.0316. The third-order valence-corrected chi connectivity index (χ3v) is 4.29. The van der Waals surface area contributed by atoms with Crippen molar-refractivity contribution in [3.05, 3.63) is 0 Å². The summed E-state index contributed by atoms with van der Waals surface area (Å²) in [7, 11) is 0. The first kappa shape index (κ1) is 17.0. The lowest BCUT2D eigenvalue weighted by molar-refractivity contribution is -0.142. The molecule has 0 aromatic heterocycles. The van der Waals surface area contributed by atoms with Gasteiger partial charge in [0.1, 0.15) is 0 Å². The fraction of sp³-hybridized carbons (Fsp3) is 0.867. The standard InChI is InChI=1S/C15H27NO4/c1-2-16(9-6-10-17)13(18)11-15(12-14(19)20)7-4-3-5-8-15/h17H,2-12H2,1H3,(H,19,20). The molecule has 0 spiro atoms. The van der Waals surface area contributed by atoms with Gasteiger partial charge in [-0.15, -0.1) is 0 Å². The maximum atomic E-state index is 12.4. The molecule has 0 unspecified atom stereocenters. The van der Waals surface area contributed by atoms with E-state index in [-0.39, 0.29) is 24.3 Å². The number of aliphatic carboxylic acids is 1. The summed E-state index contributed by atoms with van der Waals surface area (Å²) in [6, 6.07) is 0. The van der Waals surface area contributed by atoms with E-state index in [2.05, 4.69) is 0 Å². The van der Waals surface area contributed by atoms with Crippen LogP contribution in [0.1, 0.15) is 58.3 Å². The average molecular weight is 285 g/mol. The van der Waals surface area contributed by atoms with Gasteiger partial charge >= 0.3 is 5.97 Å². The smallest absolute Gasteiger partial charge is 0.303 e. The molecule has 1 fully saturated rings. The van der Waals surface area contributed by atoms with Crippen LogP contribution in [-0.4, -0.2) is 46.7 Å². The van der Waals surface area contributed by atoms with Crippen molar-refractivity contribution in [1.29, 1.82) is 0 Å². The van der Waals surface area contributed by atoms with Crippen LogP contribution in [0.25, 0.3) is 0 Å². The van der Waals surface area contributed by atoms with Crippen LogP contribution in [0.15, 0.2) is 0 Å². The van der Waals surface area contributed by atoms with Crippen LogP contribution in [0.5, 0.6) is 0 Å². The summed E-state index contributed by atoms with van der Waals surface area (Å²) in [4.78, 5) is 25.2. The lowest BCUT2D eigenvalue weighted by Gasteiger charge is -2.37. The Kier molecular flexibility index (Phi) is 6.99. The van der Waals surface area contributed by atoms with E-state index in [1.807, 2.05) is 6.92 Å². The Morgan fingerprint density at radius 1 is 1.15 bits per heavy atom. The summed E-state index contributed by atoms with van der Waals surface area (Å²) in [5.74, 6) is -0.776. The summed E-state index contributed by atoms with van der Waals surface area (Å²) in [5.41, 5.74) is -0.353. The zero-order chi connectivity index (χ0) is 15.0. The maximum absolute atomic E-state index is 12.4. The second-order valence-electron chi connectivity index (χ2n) is 5.86. The average Bonchev–Trinajstić information content (AvgIpc) is 2.39. The minimum atomic E-state index is -0.807. The number of carbonyl (C=O) groups excluding carboxylic acids is 1. The zero-order valence-corrected chi connectivity index (χ0v) is 12.4. The third kappa shape index (κ3) is 5.12. The highest BCUT2D eigenvalue weighted by atomic mass is 16.4. The normalized spacial score (nSPS) is 17.7. The molecule has 0 aliphatic heterocycles. The summed E-state index contributed by atoms with van der Waals surface area (Å²) in [6.07, 6.45) is 5.84. The van der Waals surface area contributed by atoms with Gasteiger partial charge in [-0.3, -0.25) is 9.59 Å². The topological polar surface area (TPSA) is 77.8 Å². The second-order valence-corrected chi connectivity index (χ2v) is 5.86. The molecule has 1 aliphatic rings. The Labute approximate surface area is 121 Å². The van der Waals surface area contributed by atoms with Crippen molar-refractivity contribution in [2.45, 2.75) is 58.3 Å². The summed E-state index contributed by atoms with van der Waals surface area (Å²) in [5, 5.41) is 18.0. The quantitative estimate of drug-likeness (QED) is 0.715. The largest absolute Gasteiger partial charge is 0.481 e. The van der Waals surface area contributed by atoms with E-state index in [0.717, 1.165) is 32.1 Å². The van der Waals surface area contributed by atoms with Crippen LogP contribution >= 0.6 is 0 Å². The molecule has 5 nitrogen and oxygen atoms in total. The molecule has 0 atom stereocenters. The number of carboxylic acids is 1. The van der Waals surface area contributed by atoms with Crippen molar-refractivity contribution in [1.82, 2.24) is 4.90 Å². The van der Waals surface area contributed by atoms with Crippen molar-refractivity contribution >= 4 is 11.9 Å². The van der Waals surface area contributed by atoms with Crippen molar-refractivity contribution < 1.29 is 19.8 Å². The van der Waals surface area contributed by atoms with Gasteiger partial charge in [0, 0.05) is 26.1 Å². The molecule has 1 aliphatic carbocycles. The maximum Gasteiger partial charge on any atom is 0.303 e. The number of carboxylic acid groups (broad SMARTS) is 1. The van der Waals surface area contributed by atoms with Crippen molar-refractivity contribution in [3.8, 4) is 0 Å². The first-order valence-corrected chi connectivity index (χ1v) is 7.63. The van der Waals surface area contributed by atoms with Gasteiger partial charge in [0.2, 0.25) is 5.91 Å². The number of carbonyl (C=O) groups is 2. The molecule has 1 amide bonds. The van der Waals surface area contributed by atoms with E-state index in [9.17, 15) is 9.59 Å². The molecule has 116 valence electrons. The predicted octanol–water partition coefficient (Wildman–Crippen LogP) is 2.03. The Morgan fingerprint density at radius 2 is 1.80 bits per heavy atom. The molecule has 1 rings (SSSR count). The first-order valence-electron chi connectivity index (χ1n) is 7.63. The van der Waals surface area contributed by atoms with Gasteiger partial charge < -0.3 is 15.1 Å². The molecular weight excluding hydrogens is 258 g/mol. The van der Waals surface area contributed by atoms with E-state index >= 15 is 0 Å². The molecule has 5 heteroatoms. The van der Waals surface area contributed by atoms with Gasteiger partial charge in [0.05, 0.1) is 6.42 Å². The van der Waals surface area contributed by atoms with Crippen molar-refractivity contribution in [2.24, 2.45) is 5.41 Å². The molecule has 0 bridgehead atoms. The Hall–Kier alpha value is -1.10. The van der Waals surface area contributed by atoms with E-state index in [0.29, 0.717) is 25.9 Å². The predicted molar refractivity (Wildman–Crippen MR) is 76.3 cm³/mol. The van der Waals surface area contributed by atoms with E-state index in [1.165, 1.54) is 0 Å². The molecule has 0 aromatic rings. The summed E-state index contributed by atoms with van der Waals surface area (Å²) >= 11 is 0. The highest BCUT2D eigenvalue weighted by molar-refractivity contribution is 5.78. The van der Waals surface area contributed by atoms with Crippen molar-refractivity contribution in [2.75, 3.05) is 19.7 Å². The SMILES string of the molecule is CCN(CCCO)C(=O)CC1(CC(=O)O)CCCCC1. The van der Waals surface area contributed by atoms with Crippen LogP contribution in [0.4, 0.5) is 0 Å². The van der Waals surface area contributed by atoms with Crippen LogP contribution in [0.2, 0.25) is 0 Å². The highest BCUT2D eigenvalue weighted by Crippen LogP contribution is 2.42. The van der Waals surface area contributed by atoms with Gasteiger partial charge in [0.25, 0.3) is 0 Å². The lowest BCUT2D eigenvalue weighted by atomic mass is 9.69. The second kappa shape index (κ2) is 8.25. The molecule has 2 N–H and O–H groups in total. The zero-order valence-electron chi connectivity index (χ0n) is 12.4. The minimum Gasteiger partial charge on any atom is -0.481 e. The molecule has 0 heterocycles. The highest BCUT2D eigenvalue weighted by Gasteiger charge is 2.37. The van der Waals surface area contributed by atoms with Crippen LogP contribution in [-0.2, 0) is 9.59 Å². The Morgan fingerprint density at radius 3 is 2.30 bits per heavy atom. The molecule has 20 heavy (non-hydrogen) atoms. The van der Waals surface area contributed by atoms with Gasteiger partial charge in [-0.25, -0.2) is 0 Å². The third-order valence-electron chi connectivity index (χ3n) is 4.29. The van der Waals surface area contributed by atoms with Gasteiger partial charge in [-0.2, -0.15) is 0 Å². The van der Waals surface area contributed by atoms with Gasteiger partial charge in [-0.05, 0) is 31.6 Å². The Balaban J connectivity index is 2.67. The van der Waals surface area contributed by atoms with E-state index < -0.39 is 5.97 Å². The number of nitrogens with zero attached hydrogens (tertiary/aromatic N) is 1. The van der Waals surface area contributed by atoms with Crippen molar-refractivity contribution in [3.63, 3.8) is 0 Å². The van der Waals surface area contributed by atoms with E-state index in [1.54, 1.807) is 4.90 Å². The molecule has 0 aromatic carbocycles. The number of aliphatic hydroxyl groups is 1. The molecule has 1 saturated carbocycles. The van der Waals surface area contributed by atoms with E-state index in [4.69, 9.17) is 10.2 Å². The Bertz CT molecular complexity index is 324. The van der Waals surface area contributed by atoms with Gasteiger partial charge in [0.15, 0.2) is 0 Å². The van der Waals surface area contributed by atoms with Gasteiger partial charge in [-0.1, -0.05) is 19.3 Å². The number of rotatable bonds is 8. The number of hydrogen-bond donors (Lipinski definition) is 2. The lowest BCUT2D eigenvalue weighted by Crippen LogP contribution is -2.38.